The van der Waals surface area contributed by atoms with E-state index in [4.69, 9.17) is 4.98 Å². The lowest BCUT2D eigenvalue weighted by Gasteiger charge is -2.51. The zero-order chi connectivity index (χ0) is 16.6. The van der Waals surface area contributed by atoms with Crippen LogP contribution in [0.25, 0.3) is 0 Å². The van der Waals surface area contributed by atoms with Crippen molar-refractivity contribution in [1.82, 2.24) is 19.8 Å². The van der Waals surface area contributed by atoms with Crippen LogP contribution in [0.15, 0.2) is 23.2 Å². The van der Waals surface area contributed by atoms with Gasteiger partial charge in [-0.1, -0.05) is 13.8 Å². The smallest absolute Gasteiger partial charge is 0.0926 e. The molecule has 2 aromatic heterocycles. The van der Waals surface area contributed by atoms with Crippen molar-refractivity contribution in [2.45, 2.75) is 45.2 Å². The van der Waals surface area contributed by atoms with Gasteiger partial charge >= 0.3 is 0 Å². The number of likely N-dealkylation sites (tertiary alicyclic amines) is 1. The van der Waals surface area contributed by atoms with E-state index in [-0.39, 0.29) is 5.54 Å². The third kappa shape index (κ3) is 2.93. The van der Waals surface area contributed by atoms with Crippen molar-refractivity contribution in [2.24, 2.45) is 5.92 Å². The zero-order valence-electron chi connectivity index (χ0n) is 14.8. The molecule has 0 saturated carbocycles. The number of hydrogen-bond donors (Lipinski definition) is 1. The number of thiophene rings is 1. The molecule has 0 bridgehead atoms. The first-order valence-electron chi connectivity index (χ1n) is 9.18. The van der Waals surface area contributed by atoms with Crippen LogP contribution >= 0.6 is 11.3 Å². The lowest BCUT2D eigenvalue weighted by molar-refractivity contribution is -0.00353. The number of aromatic amines is 1. The van der Waals surface area contributed by atoms with Gasteiger partial charge in [0.25, 0.3) is 0 Å². The van der Waals surface area contributed by atoms with Gasteiger partial charge in [-0.3, -0.25) is 9.80 Å². The Balaban J connectivity index is 1.53. The molecule has 1 spiro atoms. The number of nitrogens with zero attached hydrogens (tertiary/aromatic N) is 3. The quantitative estimate of drug-likeness (QED) is 0.922. The summed E-state index contributed by atoms with van der Waals surface area (Å²) in [6.45, 7) is 10.4. The first kappa shape index (κ1) is 16.3. The molecular formula is C19H28N4S. The maximum atomic E-state index is 4.78. The number of imidazole rings is 1. The number of aromatic nitrogens is 2. The van der Waals surface area contributed by atoms with E-state index in [1.54, 1.807) is 11.3 Å². The second kappa shape index (κ2) is 6.62. The molecule has 1 saturated heterocycles. The summed E-state index contributed by atoms with van der Waals surface area (Å²) in [4.78, 5) is 13.5. The van der Waals surface area contributed by atoms with Gasteiger partial charge in [0.05, 0.1) is 17.6 Å². The van der Waals surface area contributed by atoms with Crippen molar-refractivity contribution in [1.29, 1.82) is 0 Å². The molecule has 0 radical (unpaired) electrons. The highest BCUT2D eigenvalue weighted by atomic mass is 32.1. The lowest BCUT2D eigenvalue weighted by Crippen LogP contribution is -2.57. The molecular weight excluding hydrogens is 316 g/mol. The van der Waals surface area contributed by atoms with Crippen molar-refractivity contribution in [3.05, 3.63) is 40.1 Å². The molecule has 130 valence electrons. The Hall–Kier alpha value is -1.17. The Morgan fingerprint density at radius 3 is 2.83 bits per heavy atom. The van der Waals surface area contributed by atoms with Gasteiger partial charge in [0.15, 0.2) is 0 Å². The minimum Gasteiger partial charge on any atom is -0.348 e. The normalized spacial score (nSPS) is 21.5. The van der Waals surface area contributed by atoms with Crippen LogP contribution in [0, 0.1) is 5.92 Å². The van der Waals surface area contributed by atoms with Gasteiger partial charge in [0.2, 0.25) is 0 Å². The van der Waals surface area contributed by atoms with Gasteiger partial charge < -0.3 is 4.98 Å². The van der Waals surface area contributed by atoms with Gasteiger partial charge in [-0.25, -0.2) is 4.98 Å². The summed E-state index contributed by atoms with van der Waals surface area (Å²) in [6, 6.07) is 2.26. The molecule has 0 aliphatic carbocycles. The van der Waals surface area contributed by atoms with Gasteiger partial charge in [-0.2, -0.15) is 11.3 Å². The summed E-state index contributed by atoms with van der Waals surface area (Å²) in [7, 11) is 0. The second-order valence-corrected chi connectivity index (χ2v) is 8.54. The highest BCUT2D eigenvalue weighted by molar-refractivity contribution is 7.07. The summed E-state index contributed by atoms with van der Waals surface area (Å²) in [6.07, 6.45) is 5.41. The predicted molar refractivity (Wildman–Crippen MR) is 99.2 cm³/mol. The number of hydrogen-bond acceptors (Lipinski definition) is 4. The molecule has 0 amide bonds. The van der Waals surface area contributed by atoms with E-state index in [9.17, 15) is 0 Å². The molecule has 1 N–H and O–H groups in total. The first-order valence-corrected chi connectivity index (χ1v) is 10.1. The third-order valence-corrected chi connectivity index (χ3v) is 6.38. The van der Waals surface area contributed by atoms with E-state index >= 15 is 0 Å². The first-order chi connectivity index (χ1) is 11.7. The zero-order valence-corrected chi connectivity index (χ0v) is 15.6. The fourth-order valence-corrected chi connectivity index (χ4v) is 5.16. The predicted octanol–water partition coefficient (Wildman–Crippen LogP) is 3.48. The van der Waals surface area contributed by atoms with Gasteiger partial charge in [-0.05, 0) is 41.1 Å². The molecule has 2 aromatic rings. The highest BCUT2D eigenvalue weighted by Gasteiger charge is 2.46. The summed E-state index contributed by atoms with van der Waals surface area (Å²) in [5, 5.41) is 4.46. The van der Waals surface area contributed by atoms with E-state index in [2.05, 4.69) is 45.5 Å². The maximum absolute atomic E-state index is 4.78. The number of nitrogens with one attached hydrogen (secondary N) is 1. The highest BCUT2D eigenvalue weighted by Crippen LogP contribution is 2.42. The fraction of sp³-hybridized carbons (Fsp3) is 0.632. The Kier molecular flexibility index (Phi) is 4.50. The number of piperidine rings is 1. The summed E-state index contributed by atoms with van der Waals surface area (Å²) in [5.74, 6) is 0.700. The largest absolute Gasteiger partial charge is 0.348 e. The molecule has 4 heterocycles. The topological polar surface area (TPSA) is 35.2 Å². The summed E-state index contributed by atoms with van der Waals surface area (Å²) in [5.41, 5.74) is 4.33. The van der Waals surface area contributed by atoms with Crippen LogP contribution in [-0.2, 0) is 18.5 Å². The number of fused-ring (bicyclic) bond motifs is 2. The molecule has 2 aliphatic heterocycles. The second-order valence-electron chi connectivity index (χ2n) is 7.76. The standard InChI is InChI=1S/C19H28N4S/c1-15(2)11-23-7-3-17-18(21-14-20-17)19(23)5-8-22(9-6-19)12-16-4-10-24-13-16/h4,10,13-15H,3,5-9,11-12H2,1-2H3,(H,20,21). The molecule has 5 heteroatoms. The van der Waals surface area contributed by atoms with Crippen LogP contribution in [0.2, 0.25) is 0 Å². The molecule has 0 atom stereocenters. The minimum atomic E-state index is 0.156. The van der Waals surface area contributed by atoms with E-state index in [1.807, 2.05) is 6.33 Å². The maximum Gasteiger partial charge on any atom is 0.0926 e. The van der Waals surface area contributed by atoms with Crippen molar-refractivity contribution >= 4 is 11.3 Å². The van der Waals surface area contributed by atoms with E-state index in [1.165, 1.54) is 36.3 Å². The van der Waals surface area contributed by atoms with Crippen LogP contribution in [0.3, 0.4) is 0 Å². The van der Waals surface area contributed by atoms with Crippen LogP contribution in [-0.4, -0.2) is 45.9 Å². The van der Waals surface area contributed by atoms with Crippen LogP contribution in [0.4, 0.5) is 0 Å². The average molecular weight is 345 g/mol. The molecule has 4 nitrogen and oxygen atoms in total. The molecule has 0 unspecified atom stereocenters. The van der Waals surface area contributed by atoms with Crippen molar-refractivity contribution in [3.63, 3.8) is 0 Å². The van der Waals surface area contributed by atoms with Crippen molar-refractivity contribution in [2.75, 3.05) is 26.2 Å². The average Bonchev–Trinajstić information content (AvgIpc) is 3.23. The van der Waals surface area contributed by atoms with Crippen molar-refractivity contribution < 1.29 is 0 Å². The molecule has 0 aromatic carbocycles. The van der Waals surface area contributed by atoms with Gasteiger partial charge in [0, 0.05) is 44.8 Å². The molecule has 24 heavy (non-hydrogen) atoms. The number of H-pyrrole nitrogens is 1. The Bertz CT molecular complexity index is 653. The summed E-state index contributed by atoms with van der Waals surface area (Å²) >= 11 is 1.80. The van der Waals surface area contributed by atoms with E-state index < -0.39 is 0 Å². The molecule has 1 fully saturated rings. The molecule has 4 rings (SSSR count). The third-order valence-electron chi connectivity index (χ3n) is 5.65. The van der Waals surface area contributed by atoms with E-state index in [0.29, 0.717) is 5.92 Å². The monoisotopic (exact) mass is 344 g/mol. The Labute approximate surface area is 148 Å². The van der Waals surface area contributed by atoms with Crippen molar-refractivity contribution in [3.8, 4) is 0 Å². The molecule has 2 aliphatic rings. The van der Waals surface area contributed by atoms with Crippen LogP contribution in [0.1, 0.15) is 43.6 Å². The van der Waals surface area contributed by atoms with Crippen LogP contribution in [0.5, 0.6) is 0 Å². The lowest BCUT2D eigenvalue weighted by atomic mass is 9.78. The minimum absolute atomic E-state index is 0.156. The fourth-order valence-electron chi connectivity index (χ4n) is 4.50. The summed E-state index contributed by atoms with van der Waals surface area (Å²) < 4.78 is 0. The van der Waals surface area contributed by atoms with Crippen LogP contribution < -0.4 is 0 Å². The van der Waals surface area contributed by atoms with Gasteiger partial charge in [-0.15, -0.1) is 0 Å². The Morgan fingerprint density at radius 2 is 2.12 bits per heavy atom. The van der Waals surface area contributed by atoms with E-state index in [0.717, 1.165) is 32.6 Å². The Morgan fingerprint density at radius 1 is 1.29 bits per heavy atom. The van der Waals surface area contributed by atoms with Gasteiger partial charge in [0.1, 0.15) is 0 Å². The SMILES string of the molecule is CC(C)CN1CCc2[nH]cnc2C12CCN(Cc1ccsc1)CC2. The number of rotatable bonds is 4.